The highest BCUT2D eigenvalue weighted by atomic mass is 32.2. The maximum atomic E-state index is 11.9. The van der Waals surface area contributed by atoms with E-state index in [1.165, 1.54) is 17.5 Å². The molecule has 0 aliphatic carbocycles. The molecule has 0 saturated heterocycles. The molecule has 5 nitrogen and oxygen atoms in total. The van der Waals surface area contributed by atoms with E-state index in [1.54, 1.807) is 18.2 Å². The van der Waals surface area contributed by atoms with Gasteiger partial charge < -0.3 is 5.11 Å². The average Bonchev–Trinajstić information content (AvgIpc) is 2.62. The maximum absolute atomic E-state index is 11.9. The summed E-state index contributed by atoms with van der Waals surface area (Å²) < 4.78 is 25.0. The van der Waals surface area contributed by atoms with Crippen molar-refractivity contribution in [2.45, 2.75) is 4.90 Å². The summed E-state index contributed by atoms with van der Waals surface area (Å²) in [5.74, 6) is -0.237. The highest BCUT2D eigenvalue weighted by Gasteiger charge is 2.15. The van der Waals surface area contributed by atoms with Gasteiger partial charge in [-0.25, -0.2) is 4.83 Å². The van der Waals surface area contributed by atoms with Crippen molar-refractivity contribution >= 4 is 33.6 Å². The fraction of sp³-hybridized carbons (Fsp3) is 0. The summed E-state index contributed by atoms with van der Waals surface area (Å²) in [5, 5.41) is 10.8. The molecule has 2 rings (SSSR count). The van der Waals surface area contributed by atoms with Crippen molar-refractivity contribution in [2.24, 2.45) is 0 Å². The molecule has 2 aromatic rings. The summed E-state index contributed by atoms with van der Waals surface area (Å²) >= 11 is 5.95. The lowest BCUT2D eigenvalue weighted by Gasteiger charge is -2.08. The van der Waals surface area contributed by atoms with Crippen molar-refractivity contribution in [3.63, 3.8) is 0 Å². The molecular weight excluding hydrogens is 280 g/mol. The van der Waals surface area contributed by atoms with E-state index in [0.29, 0.717) is 0 Å². The van der Waals surface area contributed by atoms with Crippen molar-refractivity contribution in [3.8, 4) is 5.88 Å². The van der Waals surface area contributed by atoms with Gasteiger partial charge in [-0.2, -0.15) is 13.1 Å². The second-order valence-electron chi connectivity index (χ2n) is 3.10. The molecule has 0 atom stereocenters. The second kappa shape index (κ2) is 4.47. The first-order chi connectivity index (χ1) is 8.00. The van der Waals surface area contributed by atoms with Crippen LogP contribution in [-0.2, 0) is 10.0 Å². The molecule has 0 spiro atoms. The third-order valence-electron chi connectivity index (χ3n) is 1.94. The Balaban J connectivity index is 2.40. The molecule has 0 saturated carbocycles. The van der Waals surface area contributed by atoms with Crippen LogP contribution in [0, 0.1) is 3.95 Å². The van der Waals surface area contributed by atoms with E-state index in [4.69, 9.17) is 12.2 Å². The number of nitrogens with zero attached hydrogens (tertiary/aromatic N) is 1. The average molecular weight is 288 g/mol. The van der Waals surface area contributed by atoms with Crippen LogP contribution in [0.1, 0.15) is 0 Å². The molecule has 0 aliphatic rings. The number of rotatable bonds is 3. The molecule has 0 bridgehead atoms. The number of hydrogen-bond donors (Lipinski definition) is 2. The van der Waals surface area contributed by atoms with Gasteiger partial charge in [0.1, 0.15) is 0 Å². The van der Waals surface area contributed by atoms with Gasteiger partial charge in [-0.3, -0.25) is 0 Å². The Bertz CT molecular complexity index is 673. The van der Waals surface area contributed by atoms with E-state index in [2.05, 4.69) is 4.83 Å². The first-order valence-corrected chi connectivity index (χ1v) is 7.25. The molecule has 0 radical (unpaired) electrons. The summed E-state index contributed by atoms with van der Waals surface area (Å²) in [6.07, 6.45) is 0. The highest BCUT2D eigenvalue weighted by Crippen LogP contribution is 2.17. The molecule has 90 valence electrons. The zero-order chi connectivity index (χ0) is 12.5. The van der Waals surface area contributed by atoms with Crippen LogP contribution in [0.3, 0.4) is 0 Å². The Morgan fingerprint density at radius 2 is 1.94 bits per heavy atom. The van der Waals surface area contributed by atoms with Gasteiger partial charge in [0.05, 0.1) is 10.3 Å². The van der Waals surface area contributed by atoms with Crippen LogP contribution in [0.25, 0.3) is 0 Å². The van der Waals surface area contributed by atoms with Gasteiger partial charge in [-0.1, -0.05) is 18.2 Å². The van der Waals surface area contributed by atoms with Crippen LogP contribution in [0.4, 0.5) is 0 Å². The van der Waals surface area contributed by atoms with Crippen LogP contribution in [0.2, 0.25) is 0 Å². The van der Waals surface area contributed by atoms with Crippen molar-refractivity contribution < 1.29 is 13.5 Å². The Labute approximate surface area is 107 Å². The molecule has 1 heterocycles. The quantitative estimate of drug-likeness (QED) is 0.846. The van der Waals surface area contributed by atoms with E-state index < -0.39 is 10.0 Å². The number of aromatic nitrogens is 1. The Kier molecular flexibility index (Phi) is 3.18. The minimum atomic E-state index is -3.74. The summed E-state index contributed by atoms with van der Waals surface area (Å²) in [7, 11) is -3.74. The molecule has 8 heteroatoms. The van der Waals surface area contributed by atoms with Crippen LogP contribution in [-0.4, -0.2) is 18.2 Å². The third kappa shape index (κ3) is 2.48. The molecule has 2 N–H and O–H groups in total. The van der Waals surface area contributed by atoms with Gasteiger partial charge in [0.25, 0.3) is 10.0 Å². The number of aromatic hydroxyl groups is 1. The van der Waals surface area contributed by atoms with Crippen molar-refractivity contribution in [1.29, 1.82) is 0 Å². The molecule has 1 aromatic carbocycles. The molecule has 0 fully saturated rings. The number of sulfonamides is 1. The minimum Gasteiger partial charge on any atom is -0.493 e. The van der Waals surface area contributed by atoms with Gasteiger partial charge in [0, 0.05) is 0 Å². The molecule has 0 aliphatic heterocycles. The fourth-order valence-electron chi connectivity index (χ4n) is 1.16. The van der Waals surface area contributed by atoms with E-state index in [1.807, 2.05) is 0 Å². The molecule has 1 aromatic heterocycles. The zero-order valence-electron chi connectivity index (χ0n) is 8.40. The molecule has 0 unspecified atom stereocenters. The van der Waals surface area contributed by atoms with Gasteiger partial charge in [0.15, 0.2) is 3.95 Å². The lowest BCUT2D eigenvalue weighted by Crippen LogP contribution is -2.22. The lowest BCUT2D eigenvalue weighted by atomic mass is 10.4. The van der Waals surface area contributed by atoms with Crippen molar-refractivity contribution in [1.82, 2.24) is 4.68 Å². The number of benzene rings is 1. The zero-order valence-corrected chi connectivity index (χ0v) is 10.8. The summed E-state index contributed by atoms with van der Waals surface area (Å²) in [6.45, 7) is 0. The van der Waals surface area contributed by atoms with Crippen LogP contribution < -0.4 is 4.83 Å². The van der Waals surface area contributed by atoms with Crippen LogP contribution in [0.5, 0.6) is 5.88 Å². The largest absolute Gasteiger partial charge is 0.493 e. The van der Waals surface area contributed by atoms with Gasteiger partial charge >= 0.3 is 0 Å². The van der Waals surface area contributed by atoms with Gasteiger partial charge in [-0.15, -0.1) is 11.3 Å². The van der Waals surface area contributed by atoms with Gasteiger partial charge in [0.2, 0.25) is 5.88 Å². The predicted octanol–water partition coefficient (Wildman–Crippen LogP) is 1.92. The van der Waals surface area contributed by atoms with Crippen molar-refractivity contribution in [2.75, 3.05) is 4.83 Å². The number of thiazole rings is 1. The first kappa shape index (κ1) is 12.1. The predicted molar refractivity (Wildman–Crippen MR) is 67.8 cm³/mol. The second-order valence-corrected chi connectivity index (χ2v) is 6.27. The van der Waals surface area contributed by atoms with Crippen LogP contribution >= 0.6 is 23.6 Å². The van der Waals surface area contributed by atoms with E-state index in [9.17, 15) is 13.5 Å². The Morgan fingerprint density at radius 1 is 1.29 bits per heavy atom. The fourth-order valence-corrected chi connectivity index (χ4v) is 3.16. The van der Waals surface area contributed by atoms with E-state index in [-0.39, 0.29) is 14.7 Å². The van der Waals surface area contributed by atoms with Gasteiger partial charge in [-0.05, 0) is 24.4 Å². The Morgan fingerprint density at radius 3 is 2.47 bits per heavy atom. The molecular formula is C9H8N2O3S3. The summed E-state index contributed by atoms with van der Waals surface area (Å²) in [4.78, 5) is 2.30. The number of nitrogens with one attached hydrogen (secondary N) is 1. The maximum Gasteiger partial charge on any atom is 0.275 e. The van der Waals surface area contributed by atoms with Crippen molar-refractivity contribution in [3.05, 3.63) is 39.7 Å². The SMILES string of the molecule is O=S(=O)(Nn1c(O)csc1=S)c1ccccc1. The topological polar surface area (TPSA) is 71.3 Å². The lowest BCUT2D eigenvalue weighted by molar-refractivity contribution is 0.436. The molecule has 17 heavy (non-hydrogen) atoms. The monoisotopic (exact) mass is 288 g/mol. The smallest absolute Gasteiger partial charge is 0.275 e. The molecule has 0 amide bonds. The Hall–Kier alpha value is -1.38. The van der Waals surface area contributed by atoms with E-state index in [0.717, 1.165) is 16.0 Å². The minimum absolute atomic E-state index is 0.104. The normalized spacial score (nSPS) is 11.3. The summed E-state index contributed by atoms with van der Waals surface area (Å²) in [6, 6.07) is 7.85. The highest BCUT2D eigenvalue weighted by molar-refractivity contribution is 7.92. The number of hydrogen-bond acceptors (Lipinski definition) is 5. The third-order valence-corrected chi connectivity index (χ3v) is 4.44. The standard InChI is InChI=1S/C9H8N2O3S3/c12-8-6-16-9(15)11(8)10-17(13,14)7-4-2-1-3-5-7/h1-6,10,12H. The summed E-state index contributed by atoms with van der Waals surface area (Å²) in [5.41, 5.74) is 0. The van der Waals surface area contributed by atoms with Crippen LogP contribution in [0.15, 0.2) is 40.6 Å². The van der Waals surface area contributed by atoms with E-state index >= 15 is 0 Å². The first-order valence-electron chi connectivity index (χ1n) is 4.48.